The third-order valence-corrected chi connectivity index (χ3v) is 10.2. The van der Waals surface area contributed by atoms with E-state index in [1.165, 1.54) is 43.0 Å². The van der Waals surface area contributed by atoms with Gasteiger partial charge in [-0.1, -0.05) is 23.9 Å². The number of thioether (sulfide) groups is 2. The van der Waals surface area contributed by atoms with E-state index in [0.717, 1.165) is 33.5 Å². The van der Waals surface area contributed by atoms with Crippen LogP contribution in [0.15, 0.2) is 62.0 Å². The number of fused-ring (bicyclic) bond motifs is 2. The van der Waals surface area contributed by atoms with Gasteiger partial charge < -0.3 is 40.6 Å². The van der Waals surface area contributed by atoms with Crippen molar-refractivity contribution >= 4 is 64.2 Å². The molecule has 21 heteroatoms. The predicted molar refractivity (Wildman–Crippen MR) is 175 cm³/mol. The molecule has 1 saturated heterocycles. The maximum absolute atomic E-state index is 13.8. The lowest BCUT2D eigenvalue weighted by Gasteiger charge is -2.49. The number of carbonyl (C=O) groups excluding carboxylic acids is 3. The van der Waals surface area contributed by atoms with Crippen LogP contribution < -0.4 is 16.1 Å². The minimum absolute atomic E-state index is 0.0140. The second kappa shape index (κ2) is 13.7. The molecule has 2 aromatic carbocycles. The highest BCUT2D eigenvalue weighted by atomic mass is 32.2. The topological polar surface area (TPSA) is 288 Å². The molecule has 3 amide bonds. The highest BCUT2D eigenvalue weighted by molar-refractivity contribution is 8.01. The van der Waals surface area contributed by atoms with Crippen LogP contribution in [0.25, 0.3) is 11.0 Å². The third kappa shape index (κ3) is 6.62. The molecule has 264 valence electrons. The second-order valence-electron chi connectivity index (χ2n) is 11.2. The molecule has 19 nitrogen and oxygen atoms in total. The number of hydrogen-bond donors (Lipinski definition) is 7. The summed E-state index contributed by atoms with van der Waals surface area (Å²) in [6.07, 6.45) is 0. The molecule has 2 aliphatic heterocycles. The molecule has 1 unspecified atom stereocenters. The van der Waals surface area contributed by atoms with Gasteiger partial charge in [0.15, 0.2) is 11.5 Å². The van der Waals surface area contributed by atoms with Gasteiger partial charge in [-0.15, -0.1) is 16.9 Å². The molecule has 7 N–H and O–H groups in total. The van der Waals surface area contributed by atoms with Gasteiger partial charge in [-0.25, -0.2) is 9.48 Å². The van der Waals surface area contributed by atoms with Crippen LogP contribution in [0.5, 0.6) is 17.2 Å². The van der Waals surface area contributed by atoms with Crippen LogP contribution in [0.2, 0.25) is 0 Å². The van der Waals surface area contributed by atoms with Crippen LogP contribution in [0.3, 0.4) is 0 Å². The molecule has 6 rings (SSSR count). The van der Waals surface area contributed by atoms with E-state index in [9.17, 15) is 49.2 Å². The van der Waals surface area contributed by atoms with E-state index in [1.54, 1.807) is 0 Å². The zero-order chi connectivity index (χ0) is 36.7. The summed E-state index contributed by atoms with van der Waals surface area (Å²) in [7, 11) is 0. The number of aromatic hydroxyl groups is 3. The Bertz CT molecular complexity index is 2220. The number of aryl methyl sites for hydroxylation is 1. The number of nitrogens with one attached hydrogen (secondary N) is 2. The van der Waals surface area contributed by atoms with E-state index in [2.05, 4.69) is 26.2 Å². The summed E-state index contributed by atoms with van der Waals surface area (Å²) < 4.78 is 6.58. The summed E-state index contributed by atoms with van der Waals surface area (Å²) in [5, 5.41) is 63.5. The number of hydrogen-bond acceptors (Lipinski definition) is 15. The maximum Gasteiger partial charge on any atom is 0.352 e. The summed E-state index contributed by atoms with van der Waals surface area (Å²) in [5.74, 6) is -6.64. The Morgan fingerprint density at radius 1 is 1.08 bits per heavy atom. The van der Waals surface area contributed by atoms with Crippen LogP contribution >= 0.6 is 23.5 Å². The van der Waals surface area contributed by atoms with Crippen molar-refractivity contribution in [3.05, 3.63) is 74.8 Å². The SMILES string of the molecule is Cc1oc2cc(O)c(O)cc2c(=O)c1C(=O)NC(C(=O)N[C@@H]1C(=O)N2C(C(=O)O)=C(CSc3nnnn3CC(=O)O)CS[C@@H]12)c1ccc(O)cc1. The highest BCUT2D eigenvalue weighted by Gasteiger charge is 2.54. The Hall–Kier alpha value is -6.09. The number of amides is 3. The number of carboxylic acids is 2. The lowest BCUT2D eigenvalue weighted by molar-refractivity contribution is -0.151. The molecule has 0 radical (unpaired) electrons. The Labute approximate surface area is 292 Å². The van der Waals surface area contributed by atoms with Gasteiger partial charge >= 0.3 is 11.9 Å². The number of carboxylic acid groups (broad SMARTS) is 2. The molecule has 0 aliphatic carbocycles. The number of aromatic nitrogens is 4. The highest BCUT2D eigenvalue weighted by Crippen LogP contribution is 2.42. The first-order valence-electron chi connectivity index (χ1n) is 14.7. The molecular weight excluding hydrogens is 715 g/mol. The van der Waals surface area contributed by atoms with Crippen LogP contribution in [0.4, 0.5) is 0 Å². The lowest BCUT2D eigenvalue weighted by Crippen LogP contribution is -2.71. The summed E-state index contributed by atoms with van der Waals surface area (Å²) in [6, 6.07) is 4.37. The van der Waals surface area contributed by atoms with Crippen LogP contribution in [0, 0.1) is 6.92 Å². The van der Waals surface area contributed by atoms with Gasteiger partial charge in [-0.3, -0.25) is 28.9 Å². The van der Waals surface area contributed by atoms with Crippen molar-refractivity contribution in [2.45, 2.75) is 36.1 Å². The van der Waals surface area contributed by atoms with Crippen molar-refractivity contribution < 1.29 is 53.9 Å². The van der Waals surface area contributed by atoms with Crippen LogP contribution in [-0.2, 0) is 25.7 Å². The molecule has 4 heterocycles. The largest absolute Gasteiger partial charge is 0.508 e. The van der Waals surface area contributed by atoms with Gasteiger partial charge in [0.2, 0.25) is 16.5 Å². The van der Waals surface area contributed by atoms with E-state index in [-0.39, 0.29) is 50.4 Å². The minimum atomic E-state index is -1.53. The minimum Gasteiger partial charge on any atom is -0.508 e. The van der Waals surface area contributed by atoms with E-state index in [1.807, 2.05) is 0 Å². The predicted octanol–water partition coefficient (Wildman–Crippen LogP) is 0.291. The number of aliphatic carboxylic acids is 2. The number of benzene rings is 2. The number of tetrazole rings is 1. The first kappa shape index (κ1) is 34.8. The van der Waals surface area contributed by atoms with Gasteiger partial charge in [0.25, 0.3) is 11.8 Å². The summed E-state index contributed by atoms with van der Waals surface area (Å²) >= 11 is 2.15. The molecule has 0 bridgehead atoms. The van der Waals surface area contributed by atoms with Gasteiger partial charge in [0.1, 0.15) is 52.4 Å². The number of phenolic OH excluding ortho intramolecular Hbond substituents is 3. The summed E-state index contributed by atoms with van der Waals surface area (Å²) in [5.41, 5.74) is -1.30. The van der Waals surface area contributed by atoms with Crippen molar-refractivity contribution in [2.24, 2.45) is 0 Å². The van der Waals surface area contributed by atoms with E-state index in [4.69, 9.17) is 9.52 Å². The van der Waals surface area contributed by atoms with Crippen LogP contribution in [0.1, 0.15) is 27.7 Å². The number of β-lactam (4-membered cyclic amide) rings is 1. The standard InChI is InChI=1S/C30H25N7O12S2/c1-11-20(24(43)15-6-16(39)17(40)7-18(15)49-11)25(44)31-21(12-2-4-14(38)5-3-12)26(45)32-22-27(46)37-23(29(47)48)13(9-50-28(22)37)10-51-30-33-34-35-36(30)8-19(41)42/h2-7,21-22,28,38-40H,8-10H2,1H3,(H,31,44)(H,32,45)(H,41,42)(H,47,48)/t21?,22-,28+/m1/s1. The number of nitrogens with zero attached hydrogens (tertiary/aromatic N) is 5. The molecule has 51 heavy (non-hydrogen) atoms. The van der Waals surface area contributed by atoms with Crippen molar-refractivity contribution in [2.75, 3.05) is 11.5 Å². The van der Waals surface area contributed by atoms with Crippen molar-refractivity contribution in [1.82, 2.24) is 35.7 Å². The Balaban J connectivity index is 1.23. The molecule has 2 aromatic heterocycles. The van der Waals surface area contributed by atoms with Crippen molar-refractivity contribution in [3.63, 3.8) is 0 Å². The fourth-order valence-electron chi connectivity index (χ4n) is 5.47. The fourth-order valence-corrected chi connectivity index (χ4v) is 7.83. The van der Waals surface area contributed by atoms with Gasteiger partial charge in [0.05, 0.1) is 5.39 Å². The number of rotatable bonds is 11. The number of phenols is 3. The smallest absolute Gasteiger partial charge is 0.352 e. The monoisotopic (exact) mass is 739 g/mol. The van der Waals surface area contributed by atoms with Crippen LogP contribution in [-0.4, -0.2) is 103 Å². The average Bonchev–Trinajstić information content (AvgIpc) is 3.51. The quantitative estimate of drug-likeness (QED) is 0.0618. The molecule has 3 atom stereocenters. The second-order valence-corrected chi connectivity index (χ2v) is 13.2. The fraction of sp³-hybridized carbons (Fsp3) is 0.233. The van der Waals surface area contributed by atoms with Gasteiger partial charge in [-0.2, -0.15) is 0 Å². The average molecular weight is 740 g/mol. The normalized spacial score (nSPS) is 17.4. The molecule has 0 spiro atoms. The first-order chi connectivity index (χ1) is 24.2. The third-order valence-electron chi connectivity index (χ3n) is 7.86. The zero-order valence-electron chi connectivity index (χ0n) is 26.0. The van der Waals surface area contributed by atoms with Gasteiger partial charge in [0, 0.05) is 17.6 Å². The van der Waals surface area contributed by atoms with E-state index < -0.39 is 76.2 Å². The zero-order valence-corrected chi connectivity index (χ0v) is 27.6. The van der Waals surface area contributed by atoms with Gasteiger partial charge in [-0.05, 0) is 46.7 Å². The van der Waals surface area contributed by atoms with Crippen molar-refractivity contribution in [1.29, 1.82) is 0 Å². The first-order valence-corrected chi connectivity index (χ1v) is 16.7. The molecule has 4 aromatic rings. The Kier molecular flexibility index (Phi) is 9.32. The molecule has 1 fully saturated rings. The molecule has 0 saturated carbocycles. The Morgan fingerprint density at radius 3 is 2.47 bits per heavy atom. The summed E-state index contributed by atoms with van der Waals surface area (Å²) in [4.78, 5) is 78.5. The lowest BCUT2D eigenvalue weighted by atomic mass is 10.0. The Morgan fingerprint density at radius 2 is 1.78 bits per heavy atom. The molecule has 2 aliphatic rings. The maximum atomic E-state index is 13.8. The van der Waals surface area contributed by atoms with Crippen molar-refractivity contribution in [3.8, 4) is 17.2 Å². The van der Waals surface area contributed by atoms with E-state index >= 15 is 0 Å². The molecular formula is C30H25N7O12S2. The summed E-state index contributed by atoms with van der Waals surface area (Å²) in [6.45, 7) is 0.801. The number of carbonyl (C=O) groups is 5. The van der Waals surface area contributed by atoms with E-state index in [0.29, 0.717) is 5.57 Å².